The van der Waals surface area contributed by atoms with E-state index in [2.05, 4.69) is 15.3 Å². The topological polar surface area (TPSA) is 71.0 Å². The van der Waals surface area contributed by atoms with Crippen molar-refractivity contribution >= 4 is 29.4 Å². The molecule has 2 aromatic rings. The highest BCUT2D eigenvalue weighted by Crippen LogP contribution is 2.23. The predicted molar refractivity (Wildman–Crippen MR) is 97.0 cm³/mol. The molecule has 0 unspecified atom stereocenters. The van der Waals surface area contributed by atoms with Crippen molar-refractivity contribution in [3.63, 3.8) is 0 Å². The van der Waals surface area contributed by atoms with E-state index in [4.69, 9.17) is 0 Å². The predicted octanol–water partition coefficient (Wildman–Crippen LogP) is 3.05. The van der Waals surface area contributed by atoms with Crippen LogP contribution in [0, 0.1) is 0 Å². The molecule has 1 fully saturated rings. The van der Waals surface area contributed by atoms with Crippen LogP contribution in [0.4, 0.5) is 11.4 Å². The van der Waals surface area contributed by atoms with Crippen LogP contribution >= 0.6 is 0 Å². The summed E-state index contributed by atoms with van der Waals surface area (Å²) in [7, 11) is 1.48. The average Bonchev–Trinajstić information content (AvgIpc) is 3.07. The molecule has 1 saturated heterocycles. The summed E-state index contributed by atoms with van der Waals surface area (Å²) in [6, 6.07) is 14.3. The average molecular weight is 337 g/mol. The molecule has 0 radical (unpaired) electrons. The molecule has 6 nitrogen and oxygen atoms in total. The fourth-order valence-corrected chi connectivity index (χ4v) is 2.68. The van der Waals surface area contributed by atoms with Crippen molar-refractivity contribution in [3.8, 4) is 0 Å². The zero-order chi connectivity index (χ0) is 17.6. The number of hydrogen-bond donors (Lipinski definition) is 1. The summed E-state index contributed by atoms with van der Waals surface area (Å²) in [6.07, 6.45) is 3.06. The monoisotopic (exact) mass is 337 g/mol. The van der Waals surface area contributed by atoms with Crippen molar-refractivity contribution in [3.05, 3.63) is 59.7 Å². The third-order valence-corrected chi connectivity index (χ3v) is 3.99. The molecule has 2 amide bonds. The van der Waals surface area contributed by atoms with Gasteiger partial charge in [0.05, 0.1) is 6.21 Å². The van der Waals surface area contributed by atoms with Gasteiger partial charge in [-0.05, 0) is 48.4 Å². The zero-order valence-corrected chi connectivity index (χ0v) is 13.9. The Hall–Kier alpha value is -3.15. The molecule has 1 aliphatic rings. The van der Waals surface area contributed by atoms with Crippen LogP contribution in [-0.2, 0) is 9.63 Å². The molecular weight excluding hydrogens is 318 g/mol. The Morgan fingerprint density at radius 1 is 1.16 bits per heavy atom. The van der Waals surface area contributed by atoms with Crippen molar-refractivity contribution < 1.29 is 14.4 Å². The van der Waals surface area contributed by atoms with E-state index in [1.54, 1.807) is 47.5 Å². The summed E-state index contributed by atoms with van der Waals surface area (Å²) < 4.78 is 0. The highest BCUT2D eigenvalue weighted by Gasteiger charge is 2.21. The molecule has 25 heavy (non-hydrogen) atoms. The van der Waals surface area contributed by atoms with Crippen LogP contribution in [0.5, 0.6) is 0 Å². The van der Waals surface area contributed by atoms with E-state index in [1.165, 1.54) is 7.11 Å². The number of benzene rings is 2. The lowest BCUT2D eigenvalue weighted by Crippen LogP contribution is -2.23. The SMILES string of the molecule is CO/N=C/c1ccc(C(=O)Nc2ccc(N3CCCC3=O)cc2)cc1. The number of oxime groups is 1. The maximum Gasteiger partial charge on any atom is 0.255 e. The van der Waals surface area contributed by atoms with E-state index >= 15 is 0 Å². The van der Waals surface area contributed by atoms with E-state index in [-0.39, 0.29) is 11.8 Å². The van der Waals surface area contributed by atoms with Gasteiger partial charge in [-0.3, -0.25) is 9.59 Å². The summed E-state index contributed by atoms with van der Waals surface area (Å²) in [6.45, 7) is 0.753. The van der Waals surface area contributed by atoms with Crippen LogP contribution in [0.1, 0.15) is 28.8 Å². The van der Waals surface area contributed by atoms with E-state index in [9.17, 15) is 9.59 Å². The molecule has 0 aromatic heterocycles. The smallest absolute Gasteiger partial charge is 0.255 e. The minimum Gasteiger partial charge on any atom is -0.399 e. The first kappa shape index (κ1) is 16.7. The van der Waals surface area contributed by atoms with Gasteiger partial charge in [0.15, 0.2) is 0 Å². The van der Waals surface area contributed by atoms with Crippen molar-refractivity contribution in [2.75, 3.05) is 23.9 Å². The Morgan fingerprint density at radius 3 is 2.48 bits per heavy atom. The number of nitrogens with zero attached hydrogens (tertiary/aromatic N) is 2. The summed E-state index contributed by atoms with van der Waals surface area (Å²) in [5.41, 5.74) is 2.94. The highest BCUT2D eigenvalue weighted by molar-refractivity contribution is 6.04. The molecule has 128 valence electrons. The minimum absolute atomic E-state index is 0.147. The number of anilines is 2. The summed E-state index contributed by atoms with van der Waals surface area (Å²) in [4.78, 5) is 30.4. The molecule has 0 bridgehead atoms. The number of amides is 2. The molecule has 6 heteroatoms. The van der Waals surface area contributed by atoms with Gasteiger partial charge >= 0.3 is 0 Å². The molecule has 0 atom stereocenters. The van der Waals surface area contributed by atoms with Gasteiger partial charge in [0.2, 0.25) is 5.91 Å². The van der Waals surface area contributed by atoms with E-state index in [0.717, 1.165) is 24.2 Å². The number of hydrogen-bond acceptors (Lipinski definition) is 4. The van der Waals surface area contributed by atoms with E-state index < -0.39 is 0 Å². The molecule has 2 aromatic carbocycles. The lowest BCUT2D eigenvalue weighted by Gasteiger charge is -2.16. The third kappa shape index (κ3) is 4.03. The fraction of sp³-hybridized carbons (Fsp3) is 0.211. The number of nitrogens with one attached hydrogen (secondary N) is 1. The van der Waals surface area contributed by atoms with Crippen molar-refractivity contribution in [2.24, 2.45) is 5.16 Å². The standard InChI is InChI=1S/C19H19N3O3/c1-25-20-13-14-4-6-15(7-5-14)19(24)21-16-8-10-17(11-9-16)22-12-2-3-18(22)23/h4-11,13H,2-3,12H2,1H3,(H,21,24)/b20-13+. The van der Waals surface area contributed by atoms with Gasteiger partial charge in [-0.25, -0.2) is 0 Å². The molecule has 3 rings (SSSR count). The summed E-state index contributed by atoms with van der Waals surface area (Å²) >= 11 is 0. The van der Waals surface area contributed by atoms with Crippen LogP contribution in [0.15, 0.2) is 53.7 Å². The van der Waals surface area contributed by atoms with Crippen LogP contribution in [0.2, 0.25) is 0 Å². The second-order valence-corrected chi connectivity index (χ2v) is 5.69. The maximum absolute atomic E-state index is 12.3. The molecule has 1 heterocycles. The molecule has 1 N–H and O–H groups in total. The molecular formula is C19H19N3O3. The number of carbonyl (C=O) groups excluding carboxylic acids is 2. The molecule has 0 aliphatic carbocycles. The van der Waals surface area contributed by atoms with Gasteiger partial charge in [-0.1, -0.05) is 17.3 Å². The Labute approximate surface area is 146 Å². The Bertz CT molecular complexity index is 783. The van der Waals surface area contributed by atoms with Crippen LogP contribution in [0.3, 0.4) is 0 Å². The van der Waals surface area contributed by atoms with Gasteiger partial charge in [0.25, 0.3) is 5.91 Å². The van der Waals surface area contributed by atoms with Crippen molar-refractivity contribution in [1.82, 2.24) is 0 Å². The van der Waals surface area contributed by atoms with Gasteiger partial charge in [-0.15, -0.1) is 0 Å². The first-order valence-electron chi connectivity index (χ1n) is 8.06. The maximum atomic E-state index is 12.3. The Balaban J connectivity index is 1.64. The Kier molecular flexibility index (Phi) is 5.09. The third-order valence-electron chi connectivity index (χ3n) is 3.99. The van der Waals surface area contributed by atoms with Gasteiger partial charge in [0, 0.05) is 29.9 Å². The largest absolute Gasteiger partial charge is 0.399 e. The first-order chi connectivity index (χ1) is 12.2. The minimum atomic E-state index is -0.194. The second kappa shape index (κ2) is 7.61. The Morgan fingerprint density at radius 2 is 1.88 bits per heavy atom. The fourth-order valence-electron chi connectivity index (χ4n) is 2.68. The molecule has 0 saturated carbocycles. The molecule has 1 aliphatic heterocycles. The number of rotatable bonds is 5. The van der Waals surface area contributed by atoms with Crippen molar-refractivity contribution in [1.29, 1.82) is 0 Å². The summed E-state index contributed by atoms with van der Waals surface area (Å²) in [5, 5.41) is 6.53. The van der Waals surface area contributed by atoms with Gasteiger partial charge in [-0.2, -0.15) is 0 Å². The van der Waals surface area contributed by atoms with Crippen LogP contribution in [0.25, 0.3) is 0 Å². The van der Waals surface area contributed by atoms with Crippen molar-refractivity contribution in [2.45, 2.75) is 12.8 Å². The molecule has 0 spiro atoms. The lowest BCUT2D eigenvalue weighted by molar-refractivity contribution is -0.117. The summed E-state index contributed by atoms with van der Waals surface area (Å²) in [5.74, 6) is -0.0471. The van der Waals surface area contributed by atoms with Crippen LogP contribution < -0.4 is 10.2 Å². The lowest BCUT2D eigenvalue weighted by atomic mass is 10.1. The first-order valence-corrected chi connectivity index (χ1v) is 8.06. The number of carbonyl (C=O) groups is 2. The van der Waals surface area contributed by atoms with Gasteiger partial charge in [0.1, 0.15) is 7.11 Å². The zero-order valence-electron chi connectivity index (χ0n) is 13.9. The normalized spacial score (nSPS) is 14.1. The highest BCUT2D eigenvalue weighted by atomic mass is 16.6. The van der Waals surface area contributed by atoms with Gasteiger partial charge < -0.3 is 15.1 Å². The van der Waals surface area contributed by atoms with E-state index in [0.29, 0.717) is 17.7 Å². The van der Waals surface area contributed by atoms with Crippen LogP contribution in [-0.4, -0.2) is 31.7 Å². The quantitative estimate of drug-likeness (QED) is 0.673. The van der Waals surface area contributed by atoms with E-state index in [1.807, 2.05) is 12.1 Å². The second-order valence-electron chi connectivity index (χ2n) is 5.69.